The van der Waals surface area contributed by atoms with Crippen LogP contribution in [0.25, 0.3) is 0 Å². The van der Waals surface area contributed by atoms with Gasteiger partial charge in [0, 0.05) is 26.0 Å². The molecule has 1 aromatic rings. The Morgan fingerprint density at radius 2 is 2.44 bits per heavy atom. The summed E-state index contributed by atoms with van der Waals surface area (Å²) in [4.78, 5) is 15.6. The van der Waals surface area contributed by atoms with Gasteiger partial charge in [-0.05, 0) is 26.2 Å². The summed E-state index contributed by atoms with van der Waals surface area (Å²) >= 11 is 0. The number of carbonyl (C=O) groups is 1. The van der Waals surface area contributed by atoms with Gasteiger partial charge in [-0.25, -0.2) is 0 Å². The largest absolute Gasteiger partial charge is 0.376 e. The number of amides is 1. The Kier molecular flexibility index (Phi) is 4.69. The first-order valence-electron chi connectivity index (χ1n) is 6.41. The van der Waals surface area contributed by atoms with Crippen molar-refractivity contribution in [1.82, 2.24) is 15.5 Å². The molecule has 2 heterocycles. The lowest BCUT2D eigenvalue weighted by Crippen LogP contribution is -2.31. The number of nitrogens with one attached hydrogen (secondary N) is 1. The Morgan fingerprint density at radius 3 is 3.11 bits per heavy atom. The SMILES string of the molecule is Cc1noc(CCCC(=O)NC[C@H]2CCCO2)n1. The van der Waals surface area contributed by atoms with Crippen LogP contribution >= 0.6 is 0 Å². The van der Waals surface area contributed by atoms with Crippen LogP contribution in [-0.4, -0.2) is 35.3 Å². The molecule has 1 saturated heterocycles. The number of hydrogen-bond donors (Lipinski definition) is 1. The van der Waals surface area contributed by atoms with E-state index in [1.807, 2.05) is 0 Å². The van der Waals surface area contributed by atoms with E-state index in [2.05, 4.69) is 15.5 Å². The van der Waals surface area contributed by atoms with Crippen molar-refractivity contribution >= 4 is 5.91 Å². The Balaban J connectivity index is 1.57. The standard InChI is InChI=1S/C12H19N3O3/c1-9-14-12(18-15-9)6-2-5-11(16)13-8-10-4-3-7-17-10/h10H,2-8H2,1H3,(H,13,16)/t10-/m1/s1. The third-order valence-corrected chi connectivity index (χ3v) is 2.92. The highest BCUT2D eigenvalue weighted by atomic mass is 16.5. The molecule has 6 nitrogen and oxygen atoms in total. The van der Waals surface area contributed by atoms with E-state index >= 15 is 0 Å². The number of rotatable bonds is 6. The van der Waals surface area contributed by atoms with Crippen LogP contribution in [0.2, 0.25) is 0 Å². The number of carbonyl (C=O) groups excluding carboxylic acids is 1. The zero-order valence-electron chi connectivity index (χ0n) is 10.6. The Hall–Kier alpha value is -1.43. The second-order valence-electron chi connectivity index (χ2n) is 4.53. The Labute approximate surface area is 106 Å². The fourth-order valence-electron chi connectivity index (χ4n) is 1.96. The van der Waals surface area contributed by atoms with Crippen molar-refractivity contribution in [3.63, 3.8) is 0 Å². The molecule has 6 heteroatoms. The molecular formula is C12H19N3O3. The highest BCUT2D eigenvalue weighted by molar-refractivity contribution is 5.75. The van der Waals surface area contributed by atoms with Crippen LogP contribution < -0.4 is 5.32 Å². The van der Waals surface area contributed by atoms with Crippen LogP contribution in [0.4, 0.5) is 0 Å². The molecule has 0 bridgehead atoms. The highest BCUT2D eigenvalue weighted by Crippen LogP contribution is 2.10. The number of aryl methyl sites for hydroxylation is 2. The van der Waals surface area contributed by atoms with Crippen molar-refractivity contribution in [2.24, 2.45) is 0 Å². The summed E-state index contributed by atoms with van der Waals surface area (Å²) in [6.07, 6.45) is 4.19. The third kappa shape index (κ3) is 4.10. The Morgan fingerprint density at radius 1 is 1.56 bits per heavy atom. The highest BCUT2D eigenvalue weighted by Gasteiger charge is 2.16. The van der Waals surface area contributed by atoms with E-state index in [9.17, 15) is 4.79 Å². The van der Waals surface area contributed by atoms with E-state index in [1.54, 1.807) is 6.92 Å². The Bertz CT molecular complexity index is 386. The van der Waals surface area contributed by atoms with Crippen molar-refractivity contribution in [2.45, 2.75) is 45.1 Å². The summed E-state index contributed by atoms with van der Waals surface area (Å²) < 4.78 is 10.4. The molecule has 1 aliphatic rings. The molecule has 1 atom stereocenters. The number of nitrogens with zero attached hydrogens (tertiary/aromatic N) is 2. The normalized spacial score (nSPS) is 19.1. The second kappa shape index (κ2) is 6.49. The summed E-state index contributed by atoms with van der Waals surface area (Å²) in [5.74, 6) is 1.29. The van der Waals surface area contributed by atoms with E-state index in [4.69, 9.17) is 9.26 Å². The molecular weight excluding hydrogens is 234 g/mol. The summed E-state index contributed by atoms with van der Waals surface area (Å²) in [7, 11) is 0. The molecule has 1 aliphatic heterocycles. The summed E-state index contributed by atoms with van der Waals surface area (Å²) in [6, 6.07) is 0. The molecule has 1 N–H and O–H groups in total. The van der Waals surface area contributed by atoms with Crippen LogP contribution in [0.5, 0.6) is 0 Å². The molecule has 1 amide bonds. The third-order valence-electron chi connectivity index (χ3n) is 2.92. The van der Waals surface area contributed by atoms with Crippen molar-refractivity contribution < 1.29 is 14.1 Å². The fraction of sp³-hybridized carbons (Fsp3) is 0.750. The number of ether oxygens (including phenoxy) is 1. The van der Waals surface area contributed by atoms with Gasteiger partial charge < -0.3 is 14.6 Å². The van der Waals surface area contributed by atoms with E-state index in [1.165, 1.54) is 0 Å². The molecule has 0 spiro atoms. The average Bonchev–Trinajstić information content (AvgIpc) is 2.98. The predicted octanol–water partition coefficient (Wildman–Crippen LogP) is 0.996. The quantitative estimate of drug-likeness (QED) is 0.818. The number of aromatic nitrogens is 2. The maximum absolute atomic E-state index is 11.6. The molecule has 2 rings (SSSR count). The van der Waals surface area contributed by atoms with Crippen LogP contribution in [0.1, 0.15) is 37.4 Å². The van der Waals surface area contributed by atoms with Crippen LogP contribution in [0, 0.1) is 6.92 Å². The molecule has 1 aromatic heterocycles. The van der Waals surface area contributed by atoms with Gasteiger partial charge in [-0.1, -0.05) is 5.16 Å². The predicted molar refractivity (Wildman–Crippen MR) is 64.0 cm³/mol. The minimum Gasteiger partial charge on any atom is -0.376 e. The second-order valence-corrected chi connectivity index (χ2v) is 4.53. The summed E-state index contributed by atoms with van der Waals surface area (Å²) in [5, 5.41) is 6.59. The molecule has 0 radical (unpaired) electrons. The lowest BCUT2D eigenvalue weighted by Gasteiger charge is -2.10. The van der Waals surface area contributed by atoms with Crippen LogP contribution in [0.3, 0.4) is 0 Å². The molecule has 18 heavy (non-hydrogen) atoms. The topological polar surface area (TPSA) is 77.2 Å². The first kappa shape index (κ1) is 13.0. The van der Waals surface area contributed by atoms with Gasteiger partial charge in [-0.3, -0.25) is 4.79 Å². The van der Waals surface area contributed by atoms with E-state index in [0.717, 1.165) is 25.9 Å². The van der Waals surface area contributed by atoms with Crippen molar-refractivity contribution in [3.05, 3.63) is 11.7 Å². The molecule has 0 aromatic carbocycles. The minimum atomic E-state index is 0.0572. The van der Waals surface area contributed by atoms with Crippen molar-refractivity contribution in [1.29, 1.82) is 0 Å². The van der Waals surface area contributed by atoms with Gasteiger partial charge in [-0.2, -0.15) is 4.98 Å². The molecule has 0 unspecified atom stereocenters. The zero-order chi connectivity index (χ0) is 12.8. The van der Waals surface area contributed by atoms with Crippen molar-refractivity contribution in [3.8, 4) is 0 Å². The molecule has 1 fully saturated rings. The van der Waals surface area contributed by atoms with Gasteiger partial charge >= 0.3 is 0 Å². The van der Waals surface area contributed by atoms with Crippen molar-refractivity contribution in [2.75, 3.05) is 13.2 Å². The van der Waals surface area contributed by atoms with E-state index < -0.39 is 0 Å². The zero-order valence-corrected chi connectivity index (χ0v) is 10.6. The van der Waals surface area contributed by atoms with E-state index in [-0.39, 0.29) is 12.0 Å². The maximum Gasteiger partial charge on any atom is 0.226 e. The summed E-state index contributed by atoms with van der Waals surface area (Å²) in [5.41, 5.74) is 0. The van der Waals surface area contributed by atoms with Gasteiger partial charge in [0.25, 0.3) is 0 Å². The van der Waals surface area contributed by atoms with Crippen LogP contribution in [-0.2, 0) is 16.0 Å². The fourth-order valence-corrected chi connectivity index (χ4v) is 1.96. The van der Waals surface area contributed by atoms with Gasteiger partial charge in [0.15, 0.2) is 5.82 Å². The lowest BCUT2D eigenvalue weighted by atomic mass is 10.2. The minimum absolute atomic E-state index is 0.0572. The van der Waals surface area contributed by atoms with E-state index in [0.29, 0.717) is 31.1 Å². The lowest BCUT2D eigenvalue weighted by molar-refractivity contribution is -0.121. The average molecular weight is 253 g/mol. The maximum atomic E-state index is 11.6. The molecule has 100 valence electrons. The number of hydrogen-bond acceptors (Lipinski definition) is 5. The van der Waals surface area contributed by atoms with Gasteiger partial charge in [-0.15, -0.1) is 0 Å². The van der Waals surface area contributed by atoms with Gasteiger partial charge in [0.1, 0.15) is 0 Å². The molecule has 0 saturated carbocycles. The molecule has 0 aliphatic carbocycles. The first-order chi connectivity index (χ1) is 8.74. The van der Waals surface area contributed by atoms with Gasteiger partial charge in [0.2, 0.25) is 11.8 Å². The first-order valence-corrected chi connectivity index (χ1v) is 6.41. The smallest absolute Gasteiger partial charge is 0.226 e. The van der Waals surface area contributed by atoms with Gasteiger partial charge in [0.05, 0.1) is 6.10 Å². The monoisotopic (exact) mass is 253 g/mol. The van der Waals surface area contributed by atoms with Crippen LogP contribution in [0.15, 0.2) is 4.52 Å². The summed E-state index contributed by atoms with van der Waals surface area (Å²) in [6.45, 7) is 3.22.